The lowest BCUT2D eigenvalue weighted by atomic mass is 10.2. The third-order valence-corrected chi connectivity index (χ3v) is 3.68. The molecule has 0 radical (unpaired) electrons. The van der Waals surface area contributed by atoms with Gasteiger partial charge >= 0.3 is 5.97 Å². The van der Waals surface area contributed by atoms with Crippen LogP contribution in [0.1, 0.15) is 29.0 Å². The number of carbonyl (C=O) groups excluding carboxylic acids is 2. The molecule has 1 aromatic heterocycles. The Morgan fingerprint density at radius 2 is 1.89 bits per heavy atom. The molecule has 2 amide bonds. The molecule has 0 fully saturated rings. The van der Waals surface area contributed by atoms with E-state index in [9.17, 15) is 23.2 Å². The van der Waals surface area contributed by atoms with E-state index >= 15 is 0 Å². The van der Waals surface area contributed by atoms with Crippen molar-refractivity contribution in [3.05, 3.63) is 59.6 Å². The van der Waals surface area contributed by atoms with Crippen LogP contribution in [0.25, 0.3) is 0 Å². The lowest BCUT2D eigenvalue weighted by Crippen LogP contribution is -2.35. The summed E-state index contributed by atoms with van der Waals surface area (Å²) in [5.74, 6) is -3.96. The molecule has 27 heavy (non-hydrogen) atoms. The van der Waals surface area contributed by atoms with E-state index in [1.807, 2.05) is 0 Å². The Balaban J connectivity index is 1.94. The van der Waals surface area contributed by atoms with Crippen molar-refractivity contribution in [3.63, 3.8) is 0 Å². The van der Waals surface area contributed by atoms with Crippen molar-refractivity contribution in [2.45, 2.75) is 19.4 Å². The molecule has 0 spiro atoms. The van der Waals surface area contributed by atoms with Gasteiger partial charge in [0, 0.05) is 26.1 Å². The van der Waals surface area contributed by atoms with Crippen LogP contribution in [0.3, 0.4) is 0 Å². The van der Waals surface area contributed by atoms with Gasteiger partial charge in [0.1, 0.15) is 0 Å². The maximum atomic E-state index is 13.3. The number of aliphatic carboxylic acids is 1. The molecule has 2 rings (SSSR count). The van der Waals surface area contributed by atoms with Gasteiger partial charge in [0.25, 0.3) is 5.91 Å². The van der Waals surface area contributed by atoms with E-state index in [0.717, 1.165) is 12.1 Å². The van der Waals surface area contributed by atoms with Gasteiger partial charge in [-0.3, -0.25) is 14.4 Å². The predicted molar refractivity (Wildman–Crippen MR) is 89.7 cm³/mol. The Bertz CT molecular complexity index is 808. The van der Waals surface area contributed by atoms with Gasteiger partial charge < -0.3 is 19.7 Å². The first-order valence-electron chi connectivity index (χ1n) is 8.12. The maximum absolute atomic E-state index is 13.3. The zero-order valence-electron chi connectivity index (χ0n) is 14.3. The van der Waals surface area contributed by atoms with E-state index in [1.54, 1.807) is 6.07 Å². The van der Waals surface area contributed by atoms with Gasteiger partial charge in [0.15, 0.2) is 17.4 Å². The summed E-state index contributed by atoms with van der Waals surface area (Å²) >= 11 is 0. The SMILES string of the molecule is O=C(O)CCN(Cc1ccc(F)c(F)c1)C(=O)CCNC(=O)c1ccco1. The molecule has 1 heterocycles. The van der Waals surface area contributed by atoms with E-state index in [-0.39, 0.29) is 38.2 Å². The summed E-state index contributed by atoms with van der Waals surface area (Å²) in [6.45, 7) is -0.158. The summed E-state index contributed by atoms with van der Waals surface area (Å²) in [5, 5.41) is 11.3. The van der Waals surface area contributed by atoms with Crippen molar-refractivity contribution in [1.82, 2.24) is 10.2 Å². The van der Waals surface area contributed by atoms with Crippen LogP contribution >= 0.6 is 0 Å². The molecule has 2 N–H and O–H groups in total. The number of hydrogen-bond acceptors (Lipinski definition) is 4. The molecule has 0 aliphatic rings. The number of amides is 2. The highest BCUT2D eigenvalue weighted by atomic mass is 19.2. The smallest absolute Gasteiger partial charge is 0.305 e. The Hall–Kier alpha value is -3.23. The van der Waals surface area contributed by atoms with Crippen LogP contribution in [-0.4, -0.2) is 40.9 Å². The summed E-state index contributed by atoms with van der Waals surface area (Å²) in [6.07, 6.45) is 0.958. The third kappa shape index (κ3) is 6.21. The number of carboxylic acids is 1. The molecule has 0 aliphatic carbocycles. The second kappa shape index (κ2) is 9.46. The number of benzene rings is 1. The molecule has 0 saturated carbocycles. The quantitative estimate of drug-likeness (QED) is 0.695. The zero-order valence-corrected chi connectivity index (χ0v) is 14.3. The van der Waals surface area contributed by atoms with Gasteiger partial charge in [0.05, 0.1) is 12.7 Å². The average molecular weight is 380 g/mol. The van der Waals surface area contributed by atoms with E-state index in [2.05, 4.69) is 5.32 Å². The fourth-order valence-electron chi connectivity index (χ4n) is 2.32. The standard InChI is InChI=1S/C18H18F2N2O5/c19-13-4-3-12(10-14(13)20)11-22(8-6-17(24)25)16(23)5-7-21-18(26)15-2-1-9-27-15/h1-4,9-10H,5-8,11H2,(H,21,26)(H,24,25). The number of hydrogen-bond donors (Lipinski definition) is 2. The lowest BCUT2D eigenvalue weighted by Gasteiger charge is -2.22. The van der Waals surface area contributed by atoms with Crippen molar-refractivity contribution in [2.24, 2.45) is 0 Å². The van der Waals surface area contributed by atoms with Crippen LogP contribution in [0, 0.1) is 11.6 Å². The minimum Gasteiger partial charge on any atom is -0.481 e. The fourth-order valence-corrected chi connectivity index (χ4v) is 2.32. The van der Waals surface area contributed by atoms with Gasteiger partial charge in [-0.05, 0) is 29.8 Å². The van der Waals surface area contributed by atoms with Crippen LogP contribution in [0.5, 0.6) is 0 Å². The second-order valence-electron chi connectivity index (χ2n) is 5.69. The number of nitrogens with one attached hydrogen (secondary N) is 1. The third-order valence-electron chi connectivity index (χ3n) is 3.68. The summed E-state index contributed by atoms with van der Waals surface area (Å²) in [5.41, 5.74) is 0.326. The number of rotatable bonds is 9. The number of carboxylic acid groups (broad SMARTS) is 1. The largest absolute Gasteiger partial charge is 0.481 e. The first kappa shape index (κ1) is 20.1. The molecule has 2 aromatic rings. The van der Waals surface area contributed by atoms with Crippen molar-refractivity contribution < 1.29 is 32.7 Å². The average Bonchev–Trinajstić information content (AvgIpc) is 3.16. The molecule has 144 valence electrons. The Labute approximate surface area is 153 Å². The normalized spacial score (nSPS) is 10.4. The predicted octanol–water partition coefficient (Wildman–Crippen LogP) is 2.18. The minimum atomic E-state index is -1.09. The monoisotopic (exact) mass is 380 g/mol. The molecule has 9 heteroatoms. The van der Waals surface area contributed by atoms with Gasteiger partial charge in [-0.25, -0.2) is 8.78 Å². The van der Waals surface area contributed by atoms with Gasteiger partial charge in [-0.2, -0.15) is 0 Å². The topological polar surface area (TPSA) is 99.9 Å². The minimum absolute atomic E-state index is 0.0136. The summed E-state index contributed by atoms with van der Waals surface area (Å²) < 4.78 is 31.3. The van der Waals surface area contributed by atoms with Crippen molar-refractivity contribution >= 4 is 17.8 Å². The Kier molecular flexibility index (Phi) is 7.04. The van der Waals surface area contributed by atoms with Gasteiger partial charge in [-0.1, -0.05) is 6.07 Å². The highest BCUT2D eigenvalue weighted by Gasteiger charge is 2.17. The van der Waals surface area contributed by atoms with Crippen molar-refractivity contribution in [2.75, 3.05) is 13.1 Å². The summed E-state index contributed by atoms with van der Waals surface area (Å²) in [7, 11) is 0. The van der Waals surface area contributed by atoms with Crippen LogP contribution < -0.4 is 5.32 Å². The molecular formula is C18H18F2N2O5. The molecule has 1 aromatic carbocycles. The van der Waals surface area contributed by atoms with Crippen LogP contribution in [-0.2, 0) is 16.1 Å². The van der Waals surface area contributed by atoms with Crippen LogP contribution in [0.4, 0.5) is 8.78 Å². The first-order chi connectivity index (χ1) is 12.9. The van der Waals surface area contributed by atoms with Gasteiger partial charge in [-0.15, -0.1) is 0 Å². The van der Waals surface area contributed by atoms with E-state index in [4.69, 9.17) is 9.52 Å². The van der Waals surface area contributed by atoms with Gasteiger partial charge in [0.2, 0.25) is 5.91 Å². The van der Waals surface area contributed by atoms with Crippen molar-refractivity contribution in [1.29, 1.82) is 0 Å². The van der Waals surface area contributed by atoms with E-state index < -0.39 is 29.4 Å². The molecule has 0 saturated heterocycles. The second-order valence-corrected chi connectivity index (χ2v) is 5.69. The Morgan fingerprint density at radius 3 is 2.52 bits per heavy atom. The van der Waals surface area contributed by atoms with Crippen LogP contribution in [0.2, 0.25) is 0 Å². The van der Waals surface area contributed by atoms with E-state index in [1.165, 1.54) is 23.3 Å². The molecule has 0 atom stereocenters. The fraction of sp³-hybridized carbons (Fsp3) is 0.278. The summed E-state index contributed by atoms with van der Waals surface area (Å²) in [4.78, 5) is 36.1. The molecule has 7 nitrogen and oxygen atoms in total. The highest BCUT2D eigenvalue weighted by molar-refractivity contribution is 5.91. The number of nitrogens with zero attached hydrogens (tertiary/aromatic N) is 1. The molecule has 0 bridgehead atoms. The first-order valence-corrected chi connectivity index (χ1v) is 8.12. The van der Waals surface area contributed by atoms with E-state index in [0.29, 0.717) is 5.56 Å². The maximum Gasteiger partial charge on any atom is 0.305 e. The number of carbonyl (C=O) groups is 3. The zero-order chi connectivity index (χ0) is 19.8. The lowest BCUT2D eigenvalue weighted by molar-refractivity contribution is -0.138. The highest BCUT2D eigenvalue weighted by Crippen LogP contribution is 2.12. The molecule has 0 unspecified atom stereocenters. The Morgan fingerprint density at radius 1 is 1.11 bits per heavy atom. The van der Waals surface area contributed by atoms with Crippen LogP contribution in [0.15, 0.2) is 41.0 Å². The number of furan rings is 1. The summed E-state index contributed by atoms with van der Waals surface area (Å²) in [6, 6.07) is 6.23. The molecule has 0 aliphatic heterocycles. The number of halogens is 2. The van der Waals surface area contributed by atoms with Crippen molar-refractivity contribution in [3.8, 4) is 0 Å². The molecular weight excluding hydrogens is 362 g/mol.